The van der Waals surface area contributed by atoms with Gasteiger partial charge in [-0.3, -0.25) is 4.79 Å². The van der Waals surface area contributed by atoms with Crippen molar-refractivity contribution < 1.29 is 9.53 Å². The number of carbonyl (C=O) groups is 1. The minimum absolute atomic E-state index is 0.347. The Balaban J connectivity index is 1.95. The number of likely N-dealkylation sites (tertiary alicyclic amines) is 1. The molecule has 13 heavy (non-hydrogen) atoms. The van der Waals surface area contributed by atoms with Gasteiger partial charge in [-0.2, -0.15) is 0 Å². The standard InChI is InChI=1S/C10H17NO2/c1-8-6-10(12)11(7-8)9-2-4-13-5-3-9/h8-9H,2-7H2,1H3. The maximum atomic E-state index is 11.6. The molecule has 0 radical (unpaired) electrons. The number of hydrogen-bond donors (Lipinski definition) is 0. The van der Waals surface area contributed by atoms with E-state index in [2.05, 4.69) is 11.8 Å². The third kappa shape index (κ3) is 1.85. The van der Waals surface area contributed by atoms with Crippen molar-refractivity contribution in [2.45, 2.75) is 32.2 Å². The molecule has 0 spiro atoms. The molecular formula is C10H17NO2. The summed E-state index contributed by atoms with van der Waals surface area (Å²) in [5, 5.41) is 0. The first-order chi connectivity index (χ1) is 6.27. The van der Waals surface area contributed by atoms with Gasteiger partial charge in [-0.05, 0) is 18.8 Å². The molecule has 0 aromatic rings. The molecule has 2 saturated heterocycles. The average molecular weight is 183 g/mol. The molecule has 2 rings (SSSR count). The molecule has 1 unspecified atom stereocenters. The molecule has 0 N–H and O–H groups in total. The van der Waals surface area contributed by atoms with Crippen LogP contribution in [-0.2, 0) is 9.53 Å². The second-order valence-electron chi connectivity index (χ2n) is 4.20. The van der Waals surface area contributed by atoms with Gasteiger partial charge in [0.15, 0.2) is 0 Å². The average Bonchev–Trinajstić information content (AvgIpc) is 2.47. The first-order valence-electron chi connectivity index (χ1n) is 5.14. The van der Waals surface area contributed by atoms with Crippen LogP contribution in [0.4, 0.5) is 0 Å². The zero-order chi connectivity index (χ0) is 9.26. The van der Waals surface area contributed by atoms with Gasteiger partial charge in [0.25, 0.3) is 0 Å². The van der Waals surface area contributed by atoms with E-state index in [4.69, 9.17) is 4.74 Å². The van der Waals surface area contributed by atoms with E-state index in [1.54, 1.807) is 0 Å². The molecule has 0 saturated carbocycles. The van der Waals surface area contributed by atoms with Crippen LogP contribution in [0.1, 0.15) is 26.2 Å². The smallest absolute Gasteiger partial charge is 0.223 e. The van der Waals surface area contributed by atoms with Gasteiger partial charge in [-0.1, -0.05) is 6.92 Å². The van der Waals surface area contributed by atoms with E-state index in [1.165, 1.54) is 0 Å². The summed E-state index contributed by atoms with van der Waals surface area (Å²) in [6.07, 6.45) is 2.80. The van der Waals surface area contributed by atoms with Crippen LogP contribution >= 0.6 is 0 Å². The summed E-state index contributed by atoms with van der Waals surface area (Å²) in [6, 6.07) is 0.464. The van der Waals surface area contributed by atoms with Crippen LogP contribution in [0.3, 0.4) is 0 Å². The minimum Gasteiger partial charge on any atom is -0.381 e. The van der Waals surface area contributed by atoms with E-state index >= 15 is 0 Å². The van der Waals surface area contributed by atoms with Crippen LogP contribution in [0.25, 0.3) is 0 Å². The highest BCUT2D eigenvalue weighted by molar-refractivity contribution is 5.78. The lowest BCUT2D eigenvalue weighted by Gasteiger charge is -2.31. The highest BCUT2D eigenvalue weighted by atomic mass is 16.5. The molecule has 1 atom stereocenters. The third-order valence-electron chi connectivity index (χ3n) is 2.98. The summed E-state index contributed by atoms with van der Waals surface area (Å²) in [4.78, 5) is 13.6. The molecule has 0 aromatic carbocycles. The van der Waals surface area contributed by atoms with Crippen LogP contribution in [0.15, 0.2) is 0 Å². The summed E-state index contributed by atoms with van der Waals surface area (Å²) in [5.74, 6) is 0.898. The van der Waals surface area contributed by atoms with Crippen LogP contribution in [0.5, 0.6) is 0 Å². The number of amides is 1. The number of nitrogens with zero attached hydrogens (tertiary/aromatic N) is 1. The number of ether oxygens (including phenoxy) is 1. The molecule has 2 heterocycles. The Labute approximate surface area is 79.0 Å². The van der Waals surface area contributed by atoms with Crippen LogP contribution in [0, 0.1) is 5.92 Å². The number of carbonyl (C=O) groups excluding carboxylic acids is 1. The molecule has 0 aromatic heterocycles. The molecule has 2 aliphatic rings. The van der Waals surface area contributed by atoms with Gasteiger partial charge in [-0.25, -0.2) is 0 Å². The van der Waals surface area contributed by atoms with Gasteiger partial charge >= 0.3 is 0 Å². The van der Waals surface area contributed by atoms with Gasteiger partial charge in [0.05, 0.1) is 0 Å². The highest BCUT2D eigenvalue weighted by Crippen LogP contribution is 2.24. The fourth-order valence-electron chi connectivity index (χ4n) is 2.27. The quantitative estimate of drug-likeness (QED) is 0.607. The topological polar surface area (TPSA) is 29.5 Å². The normalized spacial score (nSPS) is 31.3. The van der Waals surface area contributed by atoms with E-state index in [0.717, 1.165) is 39.0 Å². The second-order valence-corrected chi connectivity index (χ2v) is 4.20. The fraction of sp³-hybridized carbons (Fsp3) is 0.900. The highest BCUT2D eigenvalue weighted by Gasteiger charge is 2.32. The molecule has 2 fully saturated rings. The van der Waals surface area contributed by atoms with E-state index in [1.807, 2.05) is 0 Å². The van der Waals surface area contributed by atoms with E-state index in [-0.39, 0.29) is 0 Å². The summed E-state index contributed by atoms with van der Waals surface area (Å²) in [7, 11) is 0. The lowest BCUT2D eigenvalue weighted by molar-refractivity contribution is -0.131. The van der Waals surface area contributed by atoms with Gasteiger partial charge in [0.2, 0.25) is 5.91 Å². The summed E-state index contributed by atoms with van der Waals surface area (Å²) >= 11 is 0. The Morgan fingerprint density at radius 3 is 2.62 bits per heavy atom. The van der Waals surface area contributed by atoms with E-state index < -0.39 is 0 Å². The van der Waals surface area contributed by atoms with Gasteiger partial charge < -0.3 is 9.64 Å². The minimum atomic E-state index is 0.347. The Bertz CT molecular complexity index is 199. The van der Waals surface area contributed by atoms with Crippen LogP contribution in [0.2, 0.25) is 0 Å². The first kappa shape index (κ1) is 9.00. The molecule has 74 valence electrons. The second kappa shape index (κ2) is 3.66. The van der Waals surface area contributed by atoms with E-state index in [9.17, 15) is 4.79 Å². The van der Waals surface area contributed by atoms with Crippen molar-refractivity contribution in [1.82, 2.24) is 4.90 Å². The molecule has 3 heteroatoms. The zero-order valence-corrected chi connectivity index (χ0v) is 8.16. The SMILES string of the molecule is CC1CC(=O)N(C2CCOCC2)C1. The van der Waals surface area contributed by atoms with Crippen LogP contribution < -0.4 is 0 Å². The molecule has 1 amide bonds. The molecule has 0 aliphatic carbocycles. The predicted molar refractivity (Wildman–Crippen MR) is 49.3 cm³/mol. The Morgan fingerprint density at radius 2 is 2.08 bits per heavy atom. The monoisotopic (exact) mass is 183 g/mol. The van der Waals surface area contributed by atoms with Crippen LogP contribution in [-0.4, -0.2) is 36.6 Å². The van der Waals surface area contributed by atoms with Crippen molar-refractivity contribution in [2.24, 2.45) is 5.92 Å². The maximum Gasteiger partial charge on any atom is 0.223 e. The largest absolute Gasteiger partial charge is 0.381 e. The Kier molecular flexibility index (Phi) is 2.54. The Morgan fingerprint density at radius 1 is 1.38 bits per heavy atom. The predicted octanol–water partition coefficient (Wildman–Crippen LogP) is 1.03. The van der Waals surface area contributed by atoms with Gasteiger partial charge in [0, 0.05) is 32.2 Å². The van der Waals surface area contributed by atoms with E-state index in [0.29, 0.717) is 17.9 Å². The summed E-state index contributed by atoms with van der Waals surface area (Å²) in [5.41, 5.74) is 0. The first-order valence-corrected chi connectivity index (χ1v) is 5.14. The number of hydrogen-bond acceptors (Lipinski definition) is 2. The lowest BCUT2D eigenvalue weighted by Crippen LogP contribution is -2.40. The fourth-order valence-corrected chi connectivity index (χ4v) is 2.27. The molecule has 0 bridgehead atoms. The number of rotatable bonds is 1. The molecule has 2 aliphatic heterocycles. The third-order valence-corrected chi connectivity index (χ3v) is 2.98. The van der Waals surface area contributed by atoms with Crippen molar-refractivity contribution in [3.8, 4) is 0 Å². The summed E-state index contributed by atoms with van der Waals surface area (Å²) < 4.78 is 5.28. The summed E-state index contributed by atoms with van der Waals surface area (Å²) in [6.45, 7) is 4.76. The maximum absolute atomic E-state index is 11.6. The molecular weight excluding hydrogens is 166 g/mol. The van der Waals surface area contributed by atoms with Crippen molar-refractivity contribution in [3.05, 3.63) is 0 Å². The Hall–Kier alpha value is -0.570. The van der Waals surface area contributed by atoms with Gasteiger partial charge in [0.1, 0.15) is 0 Å². The van der Waals surface area contributed by atoms with Crippen molar-refractivity contribution in [3.63, 3.8) is 0 Å². The lowest BCUT2D eigenvalue weighted by atomic mass is 10.1. The van der Waals surface area contributed by atoms with Crippen molar-refractivity contribution in [1.29, 1.82) is 0 Å². The molecule has 3 nitrogen and oxygen atoms in total. The van der Waals surface area contributed by atoms with Crippen molar-refractivity contribution in [2.75, 3.05) is 19.8 Å². The zero-order valence-electron chi connectivity index (χ0n) is 8.16. The van der Waals surface area contributed by atoms with Crippen molar-refractivity contribution >= 4 is 5.91 Å². The van der Waals surface area contributed by atoms with Gasteiger partial charge in [-0.15, -0.1) is 0 Å².